The molecule has 0 spiro atoms. The van der Waals surface area contributed by atoms with Crippen LogP contribution in [0.5, 0.6) is 0 Å². The fraction of sp³-hybridized carbons (Fsp3) is 0.846. The first kappa shape index (κ1) is 15.8. The first-order chi connectivity index (χ1) is 8.91. The van der Waals surface area contributed by atoms with Gasteiger partial charge in [0.25, 0.3) is 0 Å². The number of carbonyl (C=O) groups excluding carboxylic acids is 1. The molecular weight excluding hydrogens is 248 g/mol. The number of carboxylic acid groups (broad SMARTS) is 1. The molecule has 1 heterocycles. The van der Waals surface area contributed by atoms with E-state index in [4.69, 9.17) is 5.11 Å². The topological polar surface area (TPSA) is 81.1 Å². The smallest absolute Gasteiger partial charge is 0.320 e. The highest BCUT2D eigenvalue weighted by molar-refractivity contribution is 5.75. The third-order valence-electron chi connectivity index (χ3n) is 3.33. The summed E-state index contributed by atoms with van der Waals surface area (Å²) >= 11 is 0. The molecule has 0 aromatic heterocycles. The molecule has 1 atom stereocenters. The van der Waals surface area contributed by atoms with E-state index < -0.39 is 12.1 Å². The Bertz CT molecular complexity index is 320. The Balaban J connectivity index is 2.54. The summed E-state index contributed by atoms with van der Waals surface area (Å²) in [4.78, 5) is 26.2. The predicted octanol–water partition coefficient (Wildman–Crippen LogP) is 1.14. The molecular formula is C13H24N2O4. The van der Waals surface area contributed by atoms with Crippen molar-refractivity contribution in [1.29, 1.82) is 0 Å². The number of urea groups is 1. The van der Waals surface area contributed by atoms with Crippen LogP contribution < -0.4 is 0 Å². The number of carboxylic acids is 1. The number of amides is 2. The lowest BCUT2D eigenvalue weighted by Crippen LogP contribution is -2.51. The normalized spacial score (nSPS) is 19.6. The molecule has 6 nitrogen and oxygen atoms in total. The van der Waals surface area contributed by atoms with Crippen molar-refractivity contribution in [3.8, 4) is 0 Å². The number of carbonyl (C=O) groups is 2. The van der Waals surface area contributed by atoms with Gasteiger partial charge in [0.1, 0.15) is 0 Å². The maximum Gasteiger partial charge on any atom is 0.320 e. The van der Waals surface area contributed by atoms with E-state index in [2.05, 4.69) is 0 Å². The van der Waals surface area contributed by atoms with Gasteiger partial charge in [-0.3, -0.25) is 4.79 Å². The van der Waals surface area contributed by atoms with E-state index in [9.17, 15) is 14.7 Å². The van der Waals surface area contributed by atoms with Crippen LogP contribution in [0.15, 0.2) is 0 Å². The third-order valence-corrected chi connectivity index (χ3v) is 3.33. The highest BCUT2D eigenvalue weighted by atomic mass is 16.4. The summed E-state index contributed by atoms with van der Waals surface area (Å²) in [5.74, 6) is -0.843. The Labute approximate surface area is 114 Å². The van der Waals surface area contributed by atoms with Crippen molar-refractivity contribution < 1.29 is 19.8 Å². The van der Waals surface area contributed by atoms with Gasteiger partial charge < -0.3 is 20.0 Å². The van der Waals surface area contributed by atoms with Gasteiger partial charge in [-0.2, -0.15) is 0 Å². The zero-order chi connectivity index (χ0) is 14.4. The van der Waals surface area contributed by atoms with E-state index in [0.717, 1.165) is 12.8 Å². The number of hydrogen-bond donors (Lipinski definition) is 2. The zero-order valence-corrected chi connectivity index (χ0v) is 11.7. The van der Waals surface area contributed by atoms with E-state index in [-0.39, 0.29) is 18.5 Å². The average molecular weight is 272 g/mol. The second-order valence-electron chi connectivity index (χ2n) is 5.31. The minimum atomic E-state index is -0.843. The summed E-state index contributed by atoms with van der Waals surface area (Å²) < 4.78 is 0. The number of nitrogens with zero attached hydrogens (tertiary/aromatic N) is 2. The molecule has 1 aliphatic heterocycles. The number of aliphatic carboxylic acids is 1. The standard InChI is InChI=1S/C13H24N2O4/c1-10(2)15(8-4-6-12(17)18)13(19)14-7-3-5-11(16)9-14/h10-11,16H,3-9H2,1-2H3,(H,17,18). The second-order valence-corrected chi connectivity index (χ2v) is 5.31. The summed E-state index contributed by atoms with van der Waals surface area (Å²) in [6.07, 6.45) is 1.64. The van der Waals surface area contributed by atoms with Gasteiger partial charge in [0.05, 0.1) is 6.10 Å². The lowest BCUT2D eigenvalue weighted by Gasteiger charge is -2.36. The number of aliphatic hydroxyl groups excluding tert-OH is 1. The molecule has 1 aliphatic rings. The Kier molecular flexibility index (Phi) is 6.08. The summed E-state index contributed by atoms with van der Waals surface area (Å²) in [6, 6.07) is -0.0699. The van der Waals surface area contributed by atoms with Gasteiger partial charge in [-0.15, -0.1) is 0 Å². The second kappa shape index (κ2) is 7.33. The number of rotatable bonds is 5. The highest BCUT2D eigenvalue weighted by Gasteiger charge is 2.27. The van der Waals surface area contributed by atoms with Gasteiger partial charge in [0, 0.05) is 32.1 Å². The van der Waals surface area contributed by atoms with Gasteiger partial charge in [-0.05, 0) is 33.1 Å². The molecule has 1 rings (SSSR count). The molecule has 0 aromatic rings. The fourth-order valence-corrected chi connectivity index (χ4v) is 2.29. The minimum absolute atomic E-state index is 0.0281. The third kappa shape index (κ3) is 5.06. The first-order valence-electron chi connectivity index (χ1n) is 6.87. The van der Waals surface area contributed by atoms with E-state index in [1.54, 1.807) is 9.80 Å². The molecule has 1 saturated heterocycles. The Hall–Kier alpha value is -1.30. The number of likely N-dealkylation sites (tertiary alicyclic amines) is 1. The quantitative estimate of drug-likeness (QED) is 0.786. The molecule has 2 N–H and O–H groups in total. The van der Waals surface area contributed by atoms with Crippen molar-refractivity contribution in [2.45, 2.75) is 51.7 Å². The van der Waals surface area contributed by atoms with Gasteiger partial charge >= 0.3 is 12.0 Å². The molecule has 0 aromatic carbocycles. The molecule has 1 unspecified atom stereocenters. The molecule has 0 aliphatic carbocycles. The minimum Gasteiger partial charge on any atom is -0.481 e. The molecule has 6 heteroatoms. The number of hydrogen-bond acceptors (Lipinski definition) is 3. The zero-order valence-electron chi connectivity index (χ0n) is 11.7. The number of β-amino-alcohol motifs (C(OH)–C–C–N with tert-alkyl or cyclic N) is 1. The molecule has 110 valence electrons. The summed E-state index contributed by atoms with van der Waals surface area (Å²) in [5.41, 5.74) is 0. The summed E-state index contributed by atoms with van der Waals surface area (Å²) in [7, 11) is 0. The van der Waals surface area contributed by atoms with Crippen molar-refractivity contribution in [3.05, 3.63) is 0 Å². The summed E-state index contributed by atoms with van der Waals surface area (Å²) in [6.45, 7) is 5.31. The molecule has 0 radical (unpaired) electrons. The van der Waals surface area contributed by atoms with Gasteiger partial charge in [-0.1, -0.05) is 0 Å². The SMILES string of the molecule is CC(C)N(CCCC(=O)O)C(=O)N1CCCC(O)C1. The van der Waals surface area contributed by atoms with Crippen LogP contribution in [-0.2, 0) is 4.79 Å². The van der Waals surface area contributed by atoms with Crippen molar-refractivity contribution >= 4 is 12.0 Å². The predicted molar refractivity (Wildman–Crippen MR) is 70.9 cm³/mol. The molecule has 19 heavy (non-hydrogen) atoms. The van der Waals surface area contributed by atoms with Gasteiger partial charge in [0.2, 0.25) is 0 Å². The van der Waals surface area contributed by atoms with Crippen molar-refractivity contribution in [2.24, 2.45) is 0 Å². The van der Waals surface area contributed by atoms with Crippen LogP contribution in [0, 0.1) is 0 Å². The van der Waals surface area contributed by atoms with E-state index in [0.29, 0.717) is 26.1 Å². The van der Waals surface area contributed by atoms with Gasteiger partial charge in [0.15, 0.2) is 0 Å². The van der Waals surface area contributed by atoms with Crippen LogP contribution in [0.4, 0.5) is 4.79 Å². The lowest BCUT2D eigenvalue weighted by molar-refractivity contribution is -0.137. The highest BCUT2D eigenvalue weighted by Crippen LogP contribution is 2.14. The Morgan fingerprint density at radius 1 is 1.42 bits per heavy atom. The van der Waals surface area contributed by atoms with Gasteiger partial charge in [-0.25, -0.2) is 4.79 Å². The summed E-state index contributed by atoms with van der Waals surface area (Å²) in [5, 5.41) is 18.2. The van der Waals surface area contributed by atoms with Crippen LogP contribution in [-0.4, -0.2) is 63.8 Å². The number of piperidine rings is 1. The van der Waals surface area contributed by atoms with Crippen LogP contribution >= 0.6 is 0 Å². The number of aliphatic hydroxyl groups is 1. The Morgan fingerprint density at radius 3 is 2.63 bits per heavy atom. The molecule has 0 saturated carbocycles. The first-order valence-corrected chi connectivity index (χ1v) is 6.87. The van der Waals surface area contributed by atoms with Crippen molar-refractivity contribution in [3.63, 3.8) is 0 Å². The van der Waals surface area contributed by atoms with E-state index in [1.807, 2.05) is 13.8 Å². The maximum absolute atomic E-state index is 12.4. The molecule has 2 amide bonds. The van der Waals surface area contributed by atoms with Crippen LogP contribution in [0.1, 0.15) is 39.5 Å². The Morgan fingerprint density at radius 2 is 2.11 bits per heavy atom. The largest absolute Gasteiger partial charge is 0.481 e. The van der Waals surface area contributed by atoms with Crippen LogP contribution in [0.3, 0.4) is 0 Å². The molecule has 1 fully saturated rings. The molecule has 0 bridgehead atoms. The van der Waals surface area contributed by atoms with E-state index >= 15 is 0 Å². The fourth-order valence-electron chi connectivity index (χ4n) is 2.29. The van der Waals surface area contributed by atoms with Crippen molar-refractivity contribution in [1.82, 2.24) is 9.80 Å². The van der Waals surface area contributed by atoms with Crippen LogP contribution in [0.25, 0.3) is 0 Å². The monoisotopic (exact) mass is 272 g/mol. The van der Waals surface area contributed by atoms with Crippen LogP contribution in [0.2, 0.25) is 0 Å². The lowest BCUT2D eigenvalue weighted by atomic mass is 10.1. The maximum atomic E-state index is 12.4. The average Bonchev–Trinajstić information content (AvgIpc) is 2.33. The van der Waals surface area contributed by atoms with Crippen molar-refractivity contribution in [2.75, 3.05) is 19.6 Å². The van der Waals surface area contributed by atoms with E-state index in [1.165, 1.54) is 0 Å².